The van der Waals surface area contributed by atoms with Crippen molar-refractivity contribution in [3.8, 4) is 5.75 Å². The highest BCUT2D eigenvalue weighted by Crippen LogP contribution is 2.38. The molecular formula is C30H39NO8. The average Bonchev–Trinajstić information content (AvgIpc) is 3.19. The van der Waals surface area contributed by atoms with Crippen LogP contribution < -0.4 is 4.74 Å². The third-order valence-corrected chi connectivity index (χ3v) is 7.35. The number of carbonyl (C=O) groups is 1. The molecule has 0 aliphatic heterocycles. The molecule has 0 amide bonds. The number of para-hydroxylation sites is 1. The molecule has 6 atom stereocenters. The average molecular weight is 542 g/mol. The van der Waals surface area contributed by atoms with Crippen LogP contribution in [0.1, 0.15) is 50.5 Å². The van der Waals surface area contributed by atoms with Crippen molar-refractivity contribution in [3.63, 3.8) is 0 Å². The Bertz CT molecular complexity index is 1030. The van der Waals surface area contributed by atoms with Gasteiger partial charge in [-0.25, -0.2) is 0 Å². The fourth-order valence-corrected chi connectivity index (χ4v) is 5.23. The zero-order valence-electron chi connectivity index (χ0n) is 22.1. The second-order valence-electron chi connectivity index (χ2n) is 10.3. The van der Waals surface area contributed by atoms with E-state index >= 15 is 0 Å². The summed E-state index contributed by atoms with van der Waals surface area (Å²) in [6.07, 6.45) is 5.64. The number of rotatable bonds is 16. The first kappa shape index (κ1) is 30.3. The van der Waals surface area contributed by atoms with Gasteiger partial charge in [0.1, 0.15) is 12.4 Å². The van der Waals surface area contributed by atoms with Gasteiger partial charge in [0.25, 0.3) is 5.09 Å². The van der Waals surface area contributed by atoms with Gasteiger partial charge in [0.05, 0.1) is 24.7 Å². The number of aliphatic hydroxyl groups is 3. The first-order chi connectivity index (χ1) is 18.8. The van der Waals surface area contributed by atoms with E-state index in [-0.39, 0.29) is 24.9 Å². The highest BCUT2D eigenvalue weighted by molar-refractivity contribution is 5.72. The lowest BCUT2D eigenvalue weighted by Crippen LogP contribution is -2.23. The maximum absolute atomic E-state index is 12.3. The summed E-state index contributed by atoms with van der Waals surface area (Å²) in [7, 11) is 0. The fraction of sp³-hybridized carbons (Fsp3) is 0.500. The largest absolute Gasteiger partial charge is 0.427 e. The first-order valence-corrected chi connectivity index (χ1v) is 13.6. The molecule has 0 saturated heterocycles. The summed E-state index contributed by atoms with van der Waals surface area (Å²) in [6, 6.07) is 18.6. The summed E-state index contributed by atoms with van der Waals surface area (Å²) in [6.45, 7) is -0.241. The second-order valence-corrected chi connectivity index (χ2v) is 10.3. The second kappa shape index (κ2) is 16.0. The summed E-state index contributed by atoms with van der Waals surface area (Å²) in [5.41, 5.74) is 1.17. The number of allylic oxidation sites excluding steroid dienone is 2. The third kappa shape index (κ3) is 10.8. The molecule has 9 nitrogen and oxygen atoms in total. The van der Waals surface area contributed by atoms with Crippen LogP contribution in [-0.4, -0.2) is 51.3 Å². The highest BCUT2D eigenvalue weighted by Gasteiger charge is 2.40. The molecule has 0 spiro atoms. The number of aliphatic hydroxyl groups excluding tert-OH is 3. The molecule has 2 aromatic carbocycles. The highest BCUT2D eigenvalue weighted by atomic mass is 16.9. The van der Waals surface area contributed by atoms with Gasteiger partial charge < -0.3 is 24.9 Å². The standard InChI is InChI=1S/C30H39NO8/c32-24(16-15-22-9-3-1-4-10-22)17-18-27-26(28(33)20-29(27)34)14-8-7-11-23(21-38-31(36)37)19-30(35)39-25-12-5-2-6-13-25/h1-10,12-13,23-24,26-29,32-34H,11,14-21H2. The predicted octanol–water partition coefficient (Wildman–Crippen LogP) is 4.27. The third-order valence-electron chi connectivity index (χ3n) is 7.35. The van der Waals surface area contributed by atoms with Gasteiger partial charge in [-0.3, -0.25) is 4.79 Å². The minimum Gasteiger partial charge on any atom is -0.427 e. The van der Waals surface area contributed by atoms with Gasteiger partial charge in [-0.15, -0.1) is 10.1 Å². The van der Waals surface area contributed by atoms with E-state index in [9.17, 15) is 30.2 Å². The number of hydrogen-bond acceptors (Lipinski definition) is 8. The SMILES string of the molecule is O=C(CC(CC=CCC1C(O)CC(O)C1CCC(O)CCc1ccccc1)CO[N+](=O)[O-])Oc1ccccc1. The molecule has 9 heteroatoms. The van der Waals surface area contributed by atoms with Gasteiger partial charge in [0, 0.05) is 0 Å². The van der Waals surface area contributed by atoms with Crippen molar-refractivity contribution in [3.05, 3.63) is 88.5 Å². The number of carbonyl (C=O) groups excluding carboxylic acids is 1. The van der Waals surface area contributed by atoms with Crippen LogP contribution in [0, 0.1) is 27.9 Å². The van der Waals surface area contributed by atoms with Crippen LogP contribution in [0.3, 0.4) is 0 Å². The summed E-state index contributed by atoms with van der Waals surface area (Å²) in [5.74, 6) is -0.860. The van der Waals surface area contributed by atoms with Crippen LogP contribution in [0.2, 0.25) is 0 Å². The van der Waals surface area contributed by atoms with Crippen molar-refractivity contribution >= 4 is 5.97 Å². The zero-order chi connectivity index (χ0) is 28.0. The van der Waals surface area contributed by atoms with Gasteiger partial charge in [-0.1, -0.05) is 60.7 Å². The molecule has 0 aromatic heterocycles. The molecule has 0 radical (unpaired) electrons. The molecule has 1 aliphatic carbocycles. The monoisotopic (exact) mass is 541 g/mol. The molecular weight excluding hydrogens is 502 g/mol. The quantitative estimate of drug-likeness (QED) is 0.0941. The lowest BCUT2D eigenvalue weighted by molar-refractivity contribution is -0.759. The van der Waals surface area contributed by atoms with E-state index in [1.54, 1.807) is 30.3 Å². The Balaban J connectivity index is 1.48. The predicted molar refractivity (Wildman–Crippen MR) is 145 cm³/mol. The molecule has 0 heterocycles. The Kier molecular flexibility index (Phi) is 12.4. The van der Waals surface area contributed by atoms with Crippen molar-refractivity contribution in [2.45, 2.75) is 69.7 Å². The van der Waals surface area contributed by atoms with Crippen molar-refractivity contribution in [2.24, 2.45) is 17.8 Å². The van der Waals surface area contributed by atoms with Crippen LogP contribution in [0.5, 0.6) is 5.75 Å². The lowest BCUT2D eigenvalue weighted by Gasteiger charge is -2.23. The number of esters is 1. The smallest absolute Gasteiger partial charge is 0.311 e. The van der Waals surface area contributed by atoms with Crippen LogP contribution in [0.25, 0.3) is 0 Å². The Morgan fingerprint density at radius 3 is 2.36 bits per heavy atom. The number of aryl methyl sites for hydroxylation is 1. The van der Waals surface area contributed by atoms with Gasteiger partial charge >= 0.3 is 5.97 Å². The zero-order valence-corrected chi connectivity index (χ0v) is 22.1. The van der Waals surface area contributed by atoms with E-state index in [2.05, 4.69) is 4.84 Å². The van der Waals surface area contributed by atoms with Crippen LogP contribution in [-0.2, 0) is 16.1 Å². The van der Waals surface area contributed by atoms with Crippen LogP contribution in [0.15, 0.2) is 72.8 Å². The molecule has 1 saturated carbocycles. The van der Waals surface area contributed by atoms with Gasteiger partial charge in [-0.2, -0.15) is 0 Å². The van der Waals surface area contributed by atoms with Gasteiger partial charge in [0.2, 0.25) is 0 Å². The van der Waals surface area contributed by atoms with Gasteiger partial charge in [0.15, 0.2) is 0 Å². The van der Waals surface area contributed by atoms with Gasteiger partial charge in [-0.05, 0) is 80.4 Å². The molecule has 6 unspecified atom stereocenters. The summed E-state index contributed by atoms with van der Waals surface area (Å²) in [5, 5.41) is 41.4. The summed E-state index contributed by atoms with van der Waals surface area (Å²) >= 11 is 0. The number of benzene rings is 2. The van der Waals surface area contributed by atoms with Crippen molar-refractivity contribution in [1.29, 1.82) is 0 Å². The molecule has 3 N–H and O–H groups in total. The molecule has 3 rings (SSSR count). The Hall–Kier alpha value is -3.27. The minimum atomic E-state index is -0.881. The maximum atomic E-state index is 12.3. The van der Waals surface area contributed by atoms with Crippen molar-refractivity contribution < 1.29 is 34.8 Å². The fourth-order valence-electron chi connectivity index (χ4n) is 5.23. The Morgan fingerprint density at radius 1 is 1.00 bits per heavy atom. The van der Waals surface area contributed by atoms with Crippen molar-refractivity contribution in [1.82, 2.24) is 0 Å². The number of ether oxygens (including phenoxy) is 1. The van der Waals surface area contributed by atoms with Crippen LogP contribution in [0.4, 0.5) is 0 Å². The Labute approximate surface area is 229 Å². The number of nitrogens with zero attached hydrogens (tertiary/aromatic N) is 1. The normalized spacial score (nSPS) is 22.4. The van der Waals surface area contributed by atoms with Crippen molar-refractivity contribution in [2.75, 3.05) is 6.61 Å². The van der Waals surface area contributed by atoms with E-state index in [1.165, 1.54) is 5.56 Å². The molecule has 39 heavy (non-hydrogen) atoms. The Morgan fingerprint density at radius 2 is 1.67 bits per heavy atom. The first-order valence-electron chi connectivity index (χ1n) is 13.6. The maximum Gasteiger partial charge on any atom is 0.311 e. The van der Waals surface area contributed by atoms with E-state index in [0.29, 0.717) is 44.3 Å². The molecule has 1 aliphatic rings. The van der Waals surface area contributed by atoms with E-state index in [0.717, 1.165) is 6.42 Å². The number of hydrogen-bond donors (Lipinski definition) is 3. The summed E-state index contributed by atoms with van der Waals surface area (Å²) < 4.78 is 5.30. The van der Waals surface area contributed by atoms with E-state index < -0.39 is 35.3 Å². The van der Waals surface area contributed by atoms with E-state index in [4.69, 9.17) is 4.74 Å². The van der Waals surface area contributed by atoms with Crippen LogP contribution >= 0.6 is 0 Å². The topological polar surface area (TPSA) is 139 Å². The molecule has 2 aromatic rings. The van der Waals surface area contributed by atoms with E-state index in [1.807, 2.05) is 42.5 Å². The molecule has 1 fully saturated rings. The molecule has 0 bridgehead atoms. The molecule has 212 valence electrons. The lowest BCUT2D eigenvalue weighted by atomic mass is 9.85. The summed E-state index contributed by atoms with van der Waals surface area (Å²) in [4.78, 5) is 27.5. The minimum absolute atomic E-state index is 0.0542.